The molecule has 1 aromatic carbocycles. The summed E-state index contributed by atoms with van der Waals surface area (Å²) in [5.74, 6) is -0.138. The zero-order chi connectivity index (χ0) is 14.1. The van der Waals surface area contributed by atoms with Crippen molar-refractivity contribution in [3.05, 3.63) is 29.6 Å². The van der Waals surface area contributed by atoms with Gasteiger partial charge in [0.05, 0.1) is 12.3 Å². The molecule has 0 bridgehead atoms. The molecular weight excluding hydrogens is 243 g/mol. The molecule has 0 spiro atoms. The molecule has 3 nitrogen and oxygen atoms in total. The number of nitrogens with zero attached hydrogens (tertiary/aromatic N) is 1. The SMILES string of the molecule is CCCN(CC)c1c(F)cccc1CNCCOC. The summed E-state index contributed by atoms with van der Waals surface area (Å²) < 4.78 is 19.1. The van der Waals surface area contributed by atoms with Gasteiger partial charge in [0.15, 0.2) is 0 Å². The Balaban J connectivity index is 2.81. The zero-order valence-corrected chi connectivity index (χ0v) is 12.2. The Bertz CT molecular complexity index is 371. The maximum Gasteiger partial charge on any atom is 0.146 e. The van der Waals surface area contributed by atoms with Crippen LogP contribution >= 0.6 is 0 Å². The second-order valence-electron chi connectivity index (χ2n) is 4.50. The monoisotopic (exact) mass is 268 g/mol. The zero-order valence-electron chi connectivity index (χ0n) is 12.2. The van der Waals surface area contributed by atoms with E-state index in [2.05, 4.69) is 24.1 Å². The summed E-state index contributed by atoms with van der Waals surface area (Å²) in [5.41, 5.74) is 1.74. The van der Waals surface area contributed by atoms with Crippen molar-refractivity contribution in [1.82, 2.24) is 5.32 Å². The molecule has 1 aromatic rings. The third kappa shape index (κ3) is 4.80. The van der Waals surface area contributed by atoms with Gasteiger partial charge in [-0.05, 0) is 25.0 Å². The lowest BCUT2D eigenvalue weighted by molar-refractivity contribution is 0.199. The minimum atomic E-state index is -0.138. The first kappa shape index (κ1) is 15.9. The van der Waals surface area contributed by atoms with Gasteiger partial charge in [-0.2, -0.15) is 0 Å². The normalized spacial score (nSPS) is 10.7. The van der Waals surface area contributed by atoms with Gasteiger partial charge >= 0.3 is 0 Å². The second kappa shape index (κ2) is 8.88. The number of hydrogen-bond donors (Lipinski definition) is 1. The molecule has 0 amide bonds. The highest BCUT2D eigenvalue weighted by Crippen LogP contribution is 2.24. The van der Waals surface area contributed by atoms with Crippen LogP contribution < -0.4 is 10.2 Å². The molecule has 0 saturated heterocycles. The highest BCUT2D eigenvalue weighted by molar-refractivity contribution is 5.54. The van der Waals surface area contributed by atoms with Crippen LogP contribution in [0.4, 0.5) is 10.1 Å². The Morgan fingerprint density at radius 2 is 2.11 bits per heavy atom. The number of para-hydroxylation sites is 1. The Kier molecular flexibility index (Phi) is 7.45. The Morgan fingerprint density at radius 1 is 1.32 bits per heavy atom. The highest BCUT2D eigenvalue weighted by atomic mass is 19.1. The van der Waals surface area contributed by atoms with Crippen LogP contribution in [0.3, 0.4) is 0 Å². The minimum absolute atomic E-state index is 0.138. The average molecular weight is 268 g/mol. The van der Waals surface area contributed by atoms with E-state index in [-0.39, 0.29) is 5.82 Å². The number of ether oxygens (including phenoxy) is 1. The van der Waals surface area contributed by atoms with Crippen molar-refractivity contribution in [3.63, 3.8) is 0 Å². The smallest absolute Gasteiger partial charge is 0.146 e. The van der Waals surface area contributed by atoms with Crippen molar-refractivity contribution in [2.75, 3.05) is 38.3 Å². The molecule has 108 valence electrons. The Labute approximate surface area is 115 Å². The lowest BCUT2D eigenvalue weighted by Gasteiger charge is -2.26. The third-order valence-electron chi connectivity index (χ3n) is 3.06. The minimum Gasteiger partial charge on any atom is -0.383 e. The summed E-state index contributed by atoms with van der Waals surface area (Å²) in [6, 6.07) is 5.29. The Morgan fingerprint density at radius 3 is 2.74 bits per heavy atom. The molecule has 0 aromatic heterocycles. The van der Waals surface area contributed by atoms with Gasteiger partial charge in [-0.1, -0.05) is 19.1 Å². The number of hydrogen-bond acceptors (Lipinski definition) is 3. The molecule has 1 rings (SSSR count). The molecule has 0 fully saturated rings. The molecule has 0 radical (unpaired) electrons. The van der Waals surface area contributed by atoms with Crippen LogP contribution in [0, 0.1) is 5.82 Å². The maximum absolute atomic E-state index is 14.1. The number of benzene rings is 1. The lowest BCUT2D eigenvalue weighted by atomic mass is 10.1. The summed E-state index contributed by atoms with van der Waals surface area (Å²) in [5, 5.41) is 3.27. The topological polar surface area (TPSA) is 24.5 Å². The van der Waals surface area contributed by atoms with Crippen LogP contribution in [0.25, 0.3) is 0 Å². The van der Waals surface area contributed by atoms with Crippen LogP contribution in [0.1, 0.15) is 25.8 Å². The molecule has 4 heteroatoms. The van der Waals surface area contributed by atoms with Gasteiger partial charge in [-0.25, -0.2) is 4.39 Å². The predicted octanol–water partition coefficient (Wildman–Crippen LogP) is 2.80. The van der Waals surface area contributed by atoms with Gasteiger partial charge in [-0.15, -0.1) is 0 Å². The van der Waals surface area contributed by atoms with Crippen LogP contribution in [0.2, 0.25) is 0 Å². The molecule has 0 aliphatic rings. The molecule has 1 N–H and O–H groups in total. The largest absolute Gasteiger partial charge is 0.383 e. The van der Waals surface area contributed by atoms with E-state index in [1.165, 1.54) is 6.07 Å². The number of halogens is 1. The Hall–Kier alpha value is -1.13. The fourth-order valence-electron chi connectivity index (χ4n) is 2.15. The first-order chi connectivity index (χ1) is 9.24. The maximum atomic E-state index is 14.1. The van der Waals surface area contributed by atoms with Gasteiger partial charge < -0.3 is 15.0 Å². The van der Waals surface area contributed by atoms with Gasteiger partial charge in [0, 0.05) is 33.3 Å². The second-order valence-corrected chi connectivity index (χ2v) is 4.50. The summed E-state index contributed by atoms with van der Waals surface area (Å²) in [6.45, 7) is 7.97. The quantitative estimate of drug-likeness (QED) is 0.697. The van der Waals surface area contributed by atoms with Gasteiger partial charge in [0.1, 0.15) is 5.82 Å². The van der Waals surface area contributed by atoms with Gasteiger partial charge in [0.25, 0.3) is 0 Å². The number of rotatable bonds is 9. The fraction of sp³-hybridized carbons (Fsp3) is 0.600. The first-order valence-electron chi connectivity index (χ1n) is 6.96. The van der Waals surface area contributed by atoms with Gasteiger partial charge in [-0.3, -0.25) is 0 Å². The van der Waals surface area contributed by atoms with Crippen molar-refractivity contribution in [3.8, 4) is 0 Å². The summed E-state index contributed by atoms with van der Waals surface area (Å²) in [6.07, 6.45) is 1.01. The van der Waals surface area contributed by atoms with Crippen LogP contribution in [0.5, 0.6) is 0 Å². The van der Waals surface area contributed by atoms with Crippen molar-refractivity contribution >= 4 is 5.69 Å². The third-order valence-corrected chi connectivity index (χ3v) is 3.06. The number of nitrogens with one attached hydrogen (secondary N) is 1. The molecule has 0 saturated carbocycles. The van der Waals surface area contributed by atoms with Crippen LogP contribution in [-0.2, 0) is 11.3 Å². The van der Waals surface area contributed by atoms with E-state index in [1.54, 1.807) is 13.2 Å². The predicted molar refractivity (Wildman–Crippen MR) is 78.2 cm³/mol. The molecule has 0 atom stereocenters. The van der Waals surface area contributed by atoms with Crippen LogP contribution in [0.15, 0.2) is 18.2 Å². The van der Waals surface area contributed by atoms with Crippen molar-refractivity contribution < 1.29 is 9.13 Å². The lowest BCUT2D eigenvalue weighted by Crippen LogP contribution is -2.27. The van der Waals surface area contributed by atoms with Crippen molar-refractivity contribution in [1.29, 1.82) is 0 Å². The molecule has 0 unspecified atom stereocenters. The van der Waals surface area contributed by atoms with E-state index in [4.69, 9.17) is 4.74 Å². The molecule has 19 heavy (non-hydrogen) atoms. The van der Waals surface area contributed by atoms with E-state index >= 15 is 0 Å². The van der Waals surface area contributed by atoms with E-state index < -0.39 is 0 Å². The standard InChI is InChI=1S/C15H25FN2O/c1-4-10-18(5-2)15-13(7-6-8-14(15)16)12-17-9-11-19-3/h6-8,17H,4-5,9-12H2,1-3H3. The summed E-state index contributed by atoms with van der Waals surface area (Å²) in [7, 11) is 1.68. The summed E-state index contributed by atoms with van der Waals surface area (Å²) in [4.78, 5) is 2.10. The summed E-state index contributed by atoms with van der Waals surface area (Å²) >= 11 is 0. The van der Waals surface area contributed by atoms with E-state index in [1.807, 2.05) is 6.07 Å². The number of anilines is 1. The molecule has 0 heterocycles. The molecule has 0 aliphatic carbocycles. The first-order valence-corrected chi connectivity index (χ1v) is 6.96. The molecule has 0 aliphatic heterocycles. The highest BCUT2D eigenvalue weighted by Gasteiger charge is 2.13. The van der Waals surface area contributed by atoms with E-state index in [0.29, 0.717) is 13.2 Å². The van der Waals surface area contributed by atoms with E-state index in [9.17, 15) is 4.39 Å². The van der Waals surface area contributed by atoms with Crippen molar-refractivity contribution in [2.45, 2.75) is 26.8 Å². The van der Waals surface area contributed by atoms with Crippen LogP contribution in [-0.4, -0.2) is 33.4 Å². The van der Waals surface area contributed by atoms with E-state index in [0.717, 1.165) is 37.3 Å². The number of methoxy groups -OCH3 is 1. The average Bonchev–Trinajstić information content (AvgIpc) is 2.42. The van der Waals surface area contributed by atoms with Gasteiger partial charge in [0.2, 0.25) is 0 Å². The van der Waals surface area contributed by atoms with Crippen molar-refractivity contribution in [2.24, 2.45) is 0 Å². The fourth-order valence-corrected chi connectivity index (χ4v) is 2.15. The molecular formula is C15H25FN2O.